The molecule has 0 saturated heterocycles. The molecule has 4 heteroatoms. The summed E-state index contributed by atoms with van der Waals surface area (Å²) >= 11 is 0. The zero-order valence-electron chi connectivity index (χ0n) is 13.4. The maximum atomic E-state index is 5.21. The summed E-state index contributed by atoms with van der Waals surface area (Å²) in [6.07, 6.45) is 6.66. The van der Waals surface area contributed by atoms with E-state index in [0.29, 0.717) is 0 Å². The molecule has 0 aliphatic heterocycles. The summed E-state index contributed by atoms with van der Waals surface area (Å²) in [7, 11) is 1.68. The topological polar surface area (TPSA) is 39.4 Å². The number of ether oxygens (including phenoxy) is 1. The lowest BCUT2D eigenvalue weighted by Crippen LogP contribution is -1.97. The van der Waals surface area contributed by atoms with Crippen molar-refractivity contribution in [3.05, 3.63) is 84.4 Å². The molecule has 0 aliphatic rings. The Morgan fingerprint density at radius 2 is 1.62 bits per heavy atom. The van der Waals surface area contributed by atoms with Gasteiger partial charge >= 0.3 is 0 Å². The van der Waals surface area contributed by atoms with Crippen LogP contribution in [0.15, 0.2) is 73.2 Å². The molecule has 2 aromatic heterocycles. The second-order valence-electron chi connectivity index (χ2n) is 5.65. The first-order valence-electron chi connectivity index (χ1n) is 7.84. The molecule has 0 amide bonds. The number of methoxy groups -OCH3 is 1. The van der Waals surface area contributed by atoms with Gasteiger partial charge in [0.2, 0.25) is 5.78 Å². The molecule has 2 aromatic carbocycles. The van der Waals surface area contributed by atoms with E-state index in [2.05, 4.69) is 44.8 Å². The van der Waals surface area contributed by atoms with Crippen LogP contribution >= 0.6 is 0 Å². The van der Waals surface area contributed by atoms with Crippen LogP contribution in [0.1, 0.15) is 11.3 Å². The summed E-state index contributed by atoms with van der Waals surface area (Å²) in [4.78, 5) is 8.89. The third-order valence-electron chi connectivity index (χ3n) is 4.09. The van der Waals surface area contributed by atoms with Gasteiger partial charge in [-0.3, -0.25) is 4.40 Å². The van der Waals surface area contributed by atoms with Gasteiger partial charge in [-0.1, -0.05) is 42.5 Å². The van der Waals surface area contributed by atoms with E-state index in [1.165, 1.54) is 5.56 Å². The van der Waals surface area contributed by atoms with Crippen LogP contribution in [0, 0.1) is 0 Å². The van der Waals surface area contributed by atoms with Crippen LogP contribution < -0.4 is 4.74 Å². The monoisotopic (exact) mass is 315 g/mol. The Balaban J connectivity index is 1.70. The van der Waals surface area contributed by atoms with Crippen LogP contribution in [0.25, 0.3) is 16.9 Å². The van der Waals surface area contributed by atoms with Crippen molar-refractivity contribution in [2.45, 2.75) is 6.42 Å². The van der Waals surface area contributed by atoms with Gasteiger partial charge in [-0.2, -0.15) is 0 Å². The first kappa shape index (κ1) is 14.5. The van der Waals surface area contributed by atoms with E-state index in [0.717, 1.165) is 34.8 Å². The highest BCUT2D eigenvalue weighted by molar-refractivity contribution is 5.62. The first-order valence-corrected chi connectivity index (χ1v) is 7.84. The summed E-state index contributed by atoms with van der Waals surface area (Å²) in [6, 6.07) is 18.4. The van der Waals surface area contributed by atoms with Crippen molar-refractivity contribution in [1.29, 1.82) is 0 Å². The number of rotatable bonds is 4. The molecule has 24 heavy (non-hydrogen) atoms. The Hall–Kier alpha value is -3.14. The van der Waals surface area contributed by atoms with Gasteiger partial charge in [-0.25, -0.2) is 9.97 Å². The molecule has 2 heterocycles. The minimum Gasteiger partial charge on any atom is -0.497 e. The van der Waals surface area contributed by atoms with Crippen molar-refractivity contribution in [1.82, 2.24) is 14.4 Å². The lowest BCUT2D eigenvalue weighted by atomic mass is 10.1. The Morgan fingerprint density at radius 1 is 0.875 bits per heavy atom. The molecule has 4 rings (SSSR count). The molecule has 0 fully saturated rings. The summed E-state index contributed by atoms with van der Waals surface area (Å²) < 4.78 is 7.27. The number of aromatic nitrogens is 3. The number of nitrogens with zero attached hydrogens (tertiary/aromatic N) is 3. The third-order valence-corrected chi connectivity index (χ3v) is 4.09. The van der Waals surface area contributed by atoms with Gasteiger partial charge in [0.15, 0.2) is 0 Å². The predicted octanol–water partition coefficient (Wildman–Crippen LogP) is 4.00. The summed E-state index contributed by atoms with van der Waals surface area (Å²) in [5.41, 5.74) is 4.55. The Labute approximate surface area is 140 Å². The quantitative estimate of drug-likeness (QED) is 0.571. The summed E-state index contributed by atoms with van der Waals surface area (Å²) in [5.74, 6) is 1.59. The number of hydrogen-bond acceptors (Lipinski definition) is 3. The van der Waals surface area contributed by atoms with Crippen LogP contribution in [0.5, 0.6) is 5.75 Å². The lowest BCUT2D eigenvalue weighted by molar-refractivity contribution is 0.414. The first-order chi connectivity index (χ1) is 11.8. The maximum absolute atomic E-state index is 5.21. The Bertz CT molecular complexity index is 959. The largest absolute Gasteiger partial charge is 0.497 e. The van der Waals surface area contributed by atoms with E-state index >= 15 is 0 Å². The molecule has 0 saturated carbocycles. The molecule has 0 unspecified atom stereocenters. The van der Waals surface area contributed by atoms with E-state index in [1.807, 2.05) is 42.7 Å². The van der Waals surface area contributed by atoms with E-state index < -0.39 is 0 Å². The van der Waals surface area contributed by atoms with Gasteiger partial charge in [-0.05, 0) is 23.3 Å². The molecule has 4 aromatic rings. The molecule has 0 N–H and O–H groups in total. The van der Waals surface area contributed by atoms with Crippen molar-refractivity contribution < 1.29 is 4.74 Å². The van der Waals surface area contributed by atoms with Gasteiger partial charge in [0.05, 0.1) is 13.3 Å². The molecule has 0 spiro atoms. The molecule has 118 valence electrons. The summed E-state index contributed by atoms with van der Waals surface area (Å²) in [5, 5.41) is 0. The fourth-order valence-corrected chi connectivity index (χ4v) is 2.78. The SMILES string of the molecule is COc1ccc(Cc2cnc3ncc(-c4ccccc4)cn23)cc1. The van der Waals surface area contributed by atoms with Gasteiger partial charge in [0, 0.05) is 30.1 Å². The van der Waals surface area contributed by atoms with Crippen molar-refractivity contribution in [3.8, 4) is 16.9 Å². The minimum atomic E-state index is 0.721. The highest BCUT2D eigenvalue weighted by Crippen LogP contribution is 2.20. The summed E-state index contributed by atoms with van der Waals surface area (Å²) in [6.45, 7) is 0. The predicted molar refractivity (Wildman–Crippen MR) is 94.2 cm³/mol. The van der Waals surface area contributed by atoms with Gasteiger partial charge in [0.1, 0.15) is 5.75 Å². The van der Waals surface area contributed by atoms with Crippen LogP contribution in [0.3, 0.4) is 0 Å². The zero-order chi connectivity index (χ0) is 16.4. The van der Waals surface area contributed by atoms with E-state index in [4.69, 9.17) is 4.74 Å². The number of imidazole rings is 1. The smallest absolute Gasteiger partial charge is 0.233 e. The molecule has 0 radical (unpaired) electrons. The van der Waals surface area contributed by atoms with Crippen molar-refractivity contribution in [3.63, 3.8) is 0 Å². The molecular formula is C20H17N3O. The number of benzene rings is 2. The molecular weight excluding hydrogens is 298 g/mol. The minimum absolute atomic E-state index is 0.721. The average molecular weight is 315 g/mol. The van der Waals surface area contributed by atoms with E-state index in [1.54, 1.807) is 7.11 Å². The van der Waals surface area contributed by atoms with Crippen molar-refractivity contribution in [2.75, 3.05) is 7.11 Å². The third kappa shape index (κ3) is 2.74. The van der Waals surface area contributed by atoms with Crippen LogP contribution in [0.2, 0.25) is 0 Å². The van der Waals surface area contributed by atoms with Crippen LogP contribution in [-0.2, 0) is 6.42 Å². The molecule has 4 nitrogen and oxygen atoms in total. The van der Waals surface area contributed by atoms with Gasteiger partial charge < -0.3 is 4.74 Å². The fourth-order valence-electron chi connectivity index (χ4n) is 2.78. The Morgan fingerprint density at radius 3 is 2.38 bits per heavy atom. The fraction of sp³-hybridized carbons (Fsp3) is 0.100. The second-order valence-corrected chi connectivity index (χ2v) is 5.65. The second kappa shape index (κ2) is 6.16. The Kier molecular flexibility index (Phi) is 3.71. The lowest BCUT2D eigenvalue weighted by Gasteiger charge is -2.06. The number of hydrogen-bond donors (Lipinski definition) is 0. The molecule has 0 bridgehead atoms. The van der Waals surface area contributed by atoms with Crippen LogP contribution in [0.4, 0.5) is 0 Å². The normalized spacial score (nSPS) is 10.9. The molecule has 0 atom stereocenters. The highest BCUT2D eigenvalue weighted by atomic mass is 16.5. The van der Waals surface area contributed by atoms with Gasteiger partial charge in [-0.15, -0.1) is 0 Å². The van der Waals surface area contributed by atoms with Crippen LogP contribution in [-0.4, -0.2) is 21.5 Å². The standard InChI is InChI=1S/C20H17N3O/c1-24-19-9-7-15(8-10-19)11-18-13-22-20-21-12-17(14-23(18)20)16-5-3-2-4-6-16/h2-10,12-14H,11H2,1H3. The maximum Gasteiger partial charge on any atom is 0.233 e. The van der Waals surface area contributed by atoms with E-state index in [-0.39, 0.29) is 0 Å². The molecule has 0 aliphatic carbocycles. The zero-order valence-corrected chi connectivity index (χ0v) is 13.4. The van der Waals surface area contributed by atoms with E-state index in [9.17, 15) is 0 Å². The van der Waals surface area contributed by atoms with Crippen molar-refractivity contribution in [2.24, 2.45) is 0 Å². The average Bonchev–Trinajstić information content (AvgIpc) is 3.05. The highest BCUT2D eigenvalue weighted by Gasteiger charge is 2.07. The van der Waals surface area contributed by atoms with Crippen molar-refractivity contribution >= 4 is 5.78 Å². The number of fused-ring (bicyclic) bond motifs is 1. The van der Waals surface area contributed by atoms with Gasteiger partial charge in [0.25, 0.3) is 0 Å².